The first-order valence-electron chi connectivity index (χ1n) is 10.0. The number of carbonyl (C=O) groups is 2. The molecule has 2 amide bonds. The molecule has 4 N–H and O–H groups in total. The molecule has 1 heterocycles. The average molecular weight is 497 g/mol. The highest BCUT2D eigenvalue weighted by atomic mass is 35.5. The number of anilines is 1. The minimum absolute atomic E-state index is 0.131. The van der Waals surface area contributed by atoms with Crippen LogP contribution < -0.4 is 15.8 Å². The number of likely N-dealkylation sites (tertiary alicyclic amines) is 1. The molecular formula is C21H25ClN4O4S2. The Labute approximate surface area is 196 Å². The maximum absolute atomic E-state index is 12.5. The van der Waals surface area contributed by atoms with Crippen molar-refractivity contribution in [1.82, 2.24) is 9.62 Å². The summed E-state index contributed by atoms with van der Waals surface area (Å²) in [6, 6.07) is 13.1. The molecule has 0 unspecified atom stereocenters. The number of nitrogens with one attached hydrogen (secondary N) is 2. The Bertz CT molecular complexity index is 1060. The number of piperidine rings is 1. The predicted molar refractivity (Wildman–Crippen MR) is 126 cm³/mol. The number of halogens is 1. The fraction of sp³-hybridized carbons (Fsp3) is 0.333. The van der Waals surface area contributed by atoms with Crippen molar-refractivity contribution in [2.24, 2.45) is 5.73 Å². The number of nitrogens with zero attached hydrogens (tertiary/aromatic N) is 1. The van der Waals surface area contributed by atoms with Crippen molar-refractivity contribution in [1.29, 1.82) is 0 Å². The molecule has 1 aliphatic heterocycles. The fourth-order valence-corrected chi connectivity index (χ4v) is 5.53. The van der Waals surface area contributed by atoms with Crippen LogP contribution in [0.15, 0.2) is 58.3 Å². The van der Waals surface area contributed by atoms with Crippen LogP contribution in [0.25, 0.3) is 0 Å². The largest absolute Gasteiger partial charge is 0.369 e. The van der Waals surface area contributed by atoms with Gasteiger partial charge in [0.15, 0.2) is 0 Å². The number of sulfonamides is 1. The van der Waals surface area contributed by atoms with Crippen LogP contribution in [0.4, 0.5) is 5.69 Å². The van der Waals surface area contributed by atoms with Crippen LogP contribution in [0, 0.1) is 0 Å². The standard InChI is InChI=1S/C21H25ClN4O4S2/c22-15-5-7-17(8-6-15)32(29,30)25-16-9-11-26(12-10-16)13-21(28)24-18-3-1-2-4-19(18)31-14-20(23)27/h1-8,16,25H,9-14H2,(H2,23,27)(H,24,28). The minimum atomic E-state index is -3.62. The van der Waals surface area contributed by atoms with E-state index in [-0.39, 0.29) is 29.1 Å². The highest BCUT2D eigenvalue weighted by molar-refractivity contribution is 8.00. The van der Waals surface area contributed by atoms with E-state index in [0.717, 1.165) is 4.90 Å². The molecule has 2 aromatic carbocycles. The molecule has 0 saturated carbocycles. The second-order valence-electron chi connectivity index (χ2n) is 7.42. The van der Waals surface area contributed by atoms with Gasteiger partial charge < -0.3 is 11.1 Å². The summed E-state index contributed by atoms with van der Waals surface area (Å²) in [6.45, 7) is 1.39. The lowest BCUT2D eigenvalue weighted by atomic mass is 10.1. The SMILES string of the molecule is NC(=O)CSc1ccccc1NC(=O)CN1CCC(NS(=O)(=O)c2ccc(Cl)cc2)CC1. The zero-order valence-electron chi connectivity index (χ0n) is 17.3. The molecule has 0 atom stereocenters. The molecule has 0 spiro atoms. The van der Waals surface area contributed by atoms with Gasteiger partial charge in [0, 0.05) is 29.0 Å². The van der Waals surface area contributed by atoms with Gasteiger partial charge >= 0.3 is 0 Å². The Morgan fingerprint density at radius 1 is 1.09 bits per heavy atom. The third-order valence-electron chi connectivity index (χ3n) is 4.93. The van der Waals surface area contributed by atoms with Gasteiger partial charge in [-0.2, -0.15) is 0 Å². The van der Waals surface area contributed by atoms with E-state index in [1.54, 1.807) is 18.2 Å². The third kappa shape index (κ3) is 7.21. The number of thioether (sulfide) groups is 1. The molecule has 0 aliphatic carbocycles. The first kappa shape index (κ1) is 24.5. The van der Waals surface area contributed by atoms with Crippen LogP contribution in [0.3, 0.4) is 0 Å². The molecule has 0 bridgehead atoms. The highest BCUT2D eigenvalue weighted by Crippen LogP contribution is 2.26. The summed E-state index contributed by atoms with van der Waals surface area (Å²) in [5, 5.41) is 3.36. The number of hydrogen-bond acceptors (Lipinski definition) is 6. The van der Waals surface area contributed by atoms with Crippen LogP contribution in [0.1, 0.15) is 12.8 Å². The Hall–Kier alpha value is -2.11. The van der Waals surface area contributed by atoms with Crippen molar-refractivity contribution in [3.8, 4) is 0 Å². The predicted octanol–water partition coefficient (Wildman–Crippen LogP) is 2.30. The Kier molecular flexibility index (Phi) is 8.55. The number of hydrogen-bond donors (Lipinski definition) is 3. The third-order valence-corrected chi connectivity index (χ3v) is 7.82. The summed E-state index contributed by atoms with van der Waals surface area (Å²) in [7, 11) is -3.62. The van der Waals surface area contributed by atoms with E-state index < -0.39 is 15.9 Å². The number of primary amides is 1. The van der Waals surface area contributed by atoms with Gasteiger partial charge in [0.05, 0.1) is 22.9 Å². The second-order valence-corrected chi connectivity index (χ2v) is 10.6. The quantitative estimate of drug-likeness (QED) is 0.458. The van der Waals surface area contributed by atoms with Crippen molar-refractivity contribution >= 4 is 50.9 Å². The van der Waals surface area contributed by atoms with Crippen LogP contribution in [-0.2, 0) is 19.6 Å². The van der Waals surface area contributed by atoms with Gasteiger partial charge in [-0.05, 0) is 49.2 Å². The van der Waals surface area contributed by atoms with Crippen molar-refractivity contribution in [2.75, 3.05) is 30.7 Å². The van der Waals surface area contributed by atoms with E-state index in [2.05, 4.69) is 10.0 Å². The molecule has 172 valence electrons. The molecule has 2 aromatic rings. The maximum atomic E-state index is 12.5. The summed E-state index contributed by atoms with van der Waals surface area (Å²) in [6.07, 6.45) is 1.20. The molecule has 1 saturated heterocycles. The monoisotopic (exact) mass is 496 g/mol. The normalized spacial score (nSPS) is 15.4. The van der Waals surface area contributed by atoms with Crippen LogP contribution in [0.5, 0.6) is 0 Å². The summed E-state index contributed by atoms with van der Waals surface area (Å²) in [5.74, 6) is -0.463. The number of nitrogens with two attached hydrogens (primary N) is 1. The topological polar surface area (TPSA) is 122 Å². The van der Waals surface area contributed by atoms with Crippen molar-refractivity contribution in [2.45, 2.75) is 28.7 Å². The lowest BCUT2D eigenvalue weighted by Gasteiger charge is -2.31. The summed E-state index contributed by atoms with van der Waals surface area (Å²) in [4.78, 5) is 26.5. The number of para-hydroxylation sites is 1. The molecule has 1 fully saturated rings. The Morgan fingerprint density at radius 3 is 2.41 bits per heavy atom. The van der Waals surface area contributed by atoms with E-state index in [1.807, 2.05) is 23.1 Å². The van der Waals surface area contributed by atoms with E-state index in [0.29, 0.717) is 36.6 Å². The second kappa shape index (κ2) is 11.2. The number of rotatable bonds is 9. The lowest BCUT2D eigenvalue weighted by Crippen LogP contribution is -2.46. The molecule has 11 heteroatoms. The van der Waals surface area contributed by atoms with Gasteiger partial charge in [0.2, 0.25) is 21.8 Å². The number of carbonyl (C=O) groups excluding carboxylic acids is 2. The molecule has 32 heavy (non-hydrogen) atoms. The lowest BCUT2D eigenvalue weighted by molar-refractivity contribution is -0.117. The molecule has 0 radical (unpaired) electrons. The van der Waals surface area contributed by atoms with E-state index in [1.165, 1.54) is 23.9 Å². The molecule has 3 rings (SSSR count). The molecule has 0 aromatic heterocycles. The van der Waals surface area contributed by atoms with Crippen molar-refractivity contribution < 1.29 is 18.0 Å². The zero-order valence-corrected chi connectivity index (χ0v) is 19.7. The molecule has 8 nitrogen and oxygen atoms in total. The smallest absolute Gasteiger partial charge is 0.240 e. The van der Waals surface area contributed by atoms with Crippen LogP contribution >= 0.6 is 23.4 Å². The first-order valence-corrected chi connectivity index (χ1v) is 12.9. The zero-order chi connectivity index (χ0) is 23.1. The maximum Gasteiger partial charge on any atom is 0.240 e. The van der Waals surface area contributed by atoms with Gasteiger partial charge in [0.25, 0.3) is 0 Å². The van der Waals surface area contributed by atoms with E-state index in [9.17, 15) is 18.0 Å². The highest BCUT2D eigenvalue weighted by Gasteiger charge is 2.25. The molecule has 1 aliphatic rings. The Balaban J connectivity index is 1.48. The average Bonchev–Trinajstić information content (AvgIpc) is 2.74. The van der Waals surface area contributed by atoms with Crippen molar-refractivity contribution in [3.63, 3.8) is 0 Å². The summed E-state index contributed by atoms with van der Waals surface area (Å²) < 4.78 is 27.8. The fourth-order valence-electron chi connectivity index (χ4n) is 3.35. The van der Waals surface area contributed by atoms with E-state index >= 15 is 0 Å². The molecular weight excluding hydrogens is 472 g/mol. The first-order chi connectivity index (χ1) is 15.2. The van der Waals surface area contributed by atoms with Gasteiger partial charge in [-0.15, -0.1) is 11.8 Å². The van der Waals surface area contributed by atoms with Crippen LogP contribution in [-0.4, -0.2) is 56.6 Å². The number of benzene rings is 2. The summed E-state index contributed by atoms with van der Waals surface area (Å²) in [5.41, 5.74) is 5.84. The van der Waals surface area contributed by atoms with Gasteiger partial charge in [-0.25, -0.2) is 13.1 Å². The van der Waals surface area contributed by atoms with Gasteiger partial charge in [-0.3, -0.25) is 14.5 Å². The minimum Gasteiger partial charge on any atom is -0.369 e. The number of amides is 2. The Morgan fingerprint density at radius 2 is 1.75 bits per heavy atom. The van der Waals surface area contributed by atoms with Crippen molar-refractivity contribution in [3.05, 3.63) is 53.6 Å². The van der Waals surface area contributed by atoms with Gasteiger partial charge in [0.1, 0.15) is 0 Å². The summed E-state index contributed by atoms with van der Waals surface area (Å²) >= 11 is 7.10. The van der Waals surface area contributed by atoms with Gasteiger partial charge in [-0.1, -0.05) is 23.7 Å². The van der Waals surface area contributed by atoms with Crippen LogP contribution in [0.2, 0.25) is 5.02 Å². The van der Waals surface area contributed by atoms with E-state index in [4.69, 9.17) is 17.3 Å².